The Labute approximate surface area is 152 Å². The van der Waals surface area contributed by atoms with Gasteiger partial charge in [-0.1, -0.05) is 23.8 Å². The van der Waals surface area contributed by atoms with E-state index in [0.717, 1.165) is 16.8 Å². The van der Waals surface area contributed by atoms with Gasteiger partial charge in [0.05, 0.1) is 12.8 Å². The second-order valence-corrected chi connectivity index (χ2v) is 5.91. The number of benzene rings is 2. The zero-order valence-corrected chi connectivity index (χ0v) is 14.9. The molecule has 0 aliphatic heterocycles. The van der Waals surface area contributed by atoms with E-state index in [1.54, 1.807) is 19.4 Å². The number of ether oxygens (including phenoxy) is 1. The van der Waals surface area contributed by atoms with Crippen LogP contribution in [0.2, 0.25) is 0 Å². The summed E-state index contributed by atoms with van der Waals surface area (Å²) in [6.07, 6.45) is 1.54. The van der Waals surface area contributed by atoms with Crippen LogP contribution in [0.5, 0.6) is 5.75 Å². The summed E-state index contributed by atoms with van der Waals surface area (Å²) < 4.78 is 5.34. The molecule has 0 spiro atoms. The smallest absolute Gasteiger partial charge is 0.274 e. The molecule has 1 aromatic heterocycles. The van der Waals surface area contributed by atoms with E-state index in [2.05, 4.69) is 20.6 Å². The molecule has 0 atom stereocenters. The van der Waals surface area contributed by atoms with Crippen molar-refractivity contribution >= 4 is 23.2 Å². The molecule has 3 aromatic rings. The maximum absolute atomic E-state index is 12.4. The number of methoxy groups -OCH3 is 1. The number of nitrogens with one attached hydrogen (secondary N) is 2. The van der Waals surface area contributed by atoms with Crippen molar-refractivity contribution < 1.29 is 9.53 Å². The summed E-state index contributed by atoms with van der Waals surface area (Å²) in [5, 5.41) is 5.93. The van der Waals surface area contributed by atoms with Gasteiger partial charge in [-0.05, 0) is 49.7 Å². The highest BCUT2D eigenvalue weighted by Crippen LogP contribution is 2.27. The molecule has 0 saturated carbocycles. The predicted octanol–water partition coefficient (Wildman–Crippen LogP) is 4.10. The molecule has 6 nitrogen and oxygen atoms in total. The molecule has 1 amide bonds. The zero-order valence-electron chi connectivity index (χ0n) is 14.9. The van der Waals surface area contributed by atoms with E-state index in [-0.39, 0.29) is 11.6 Å². The van der Waals surface area contributed by atoms with Gasteiger partial charge in [-0.15, -0.1) is 0 Å². The van der Waals surface area contributed by atoms with Gasteiger partial charge in [0.25, 0.3) is 5.91 Å². The Hall–Kier alpha value is -3.41. The fourth-order valence-corrected chi connectivity index (χ4v) is 2.42. The highest BCUT2D eigenvalue weighted by Gasteiger charge is 2.11. The first-order chi connectivity index (χ1) is 12.5. The number of aryl methyl sites for hydroxylation is 2. The van der Waals surface area contributed by atoms with Crippen molar-refractivity contribution in [2.75, 3.05) is 17.7 Å². The Balaban J connectivity index is 1.79. The molecule has 0 aliphatic carbocycles. The SMILES string of the molecule is COc1ccc(C)cc1Nc1nccc(C(=O)Nc2ccc(C)cc2)n1. The van der Waals surface area contributed by atoms with E-state index in [1.165, 1.54) is 0 Å². The second kappa shape index (κ2) is 7.65. The standard InChI is InChI=1S/C20H20N4O2/c1-13-4-7-15(8-5-13)22-19(25)16-10-11-21-20(23-16)24-17-12-14(2)6-9-18(17)26-3/h4-12H,1-3H3,(H,22,25)(H,21,23,24). The summed E-state index contributed by atoms with van der Waals surface area (Å²) in [6, 6.07) is 14.9. The van der Waals surface area contributed by atoms with Crippen molar-refractivity contribution in [3.05, 3.63) is 71.5 Å². The average Bonchev–Trinajstić information content (AvgIpc) is 2.64. The van der Waals surface area contributed by atoms with Crippen molar-refractivity contribution in [3.63, 3.8) is 0 Å². The maximum atomic E-state index is 12.4. The van der Waals surface area contributed by atoms with E-state index in [4.69, 9.17) is 4.74 Å². The van der Waals surface area contributed by atoms with Crippen LogP contribution in [0.3, 0.4) is 0 Å². The lowest BCUT2D eigenvalue weighted by atomic mass is 10.2. The fraction of sp³-hybridized carbons (Fsp3) is 0.150. The summed E-state index contributed by atoms with van der Waals surface area (Å²) >= 11 is 0. The molecule has 0 fully saturated rings. The topological polar surface area (TPSA) is 76.1 Å². The third-order valence-electron chi connectivity index (χ3n) is 3.80. The molecular formula is C20H20N4O2. The first-order valence-corrected chi connectivity index (χ1v) is 8.18. The van der Waals surface area contributed by atoms with Gasteiger partial charge in [-0.25, -0.2) is 9.97 Å². The quantitative estimate of drug-likeness (QED) is 0.726. The van der Waals surface area contributed by atoms with Crippen LogP contribution in [0, 0.1) is 13.8 Å². The Bertz CT molecular complexity index is 923. The van der Waals surface area contributed by atoms with E-state index >= 15 is 0 Å². The molecule has 132 valence electrons. The monoisotopic (exact) mass is 348 g/mol. The van der Waals surface area contributed by atoms with E-state index < -0.39 is 0 Å². The van der Waals surface area contributed by atoms with Crippen LogP contribution in [0.25, 0.3) is 0 Å². The van der Waals surface area contributed by atoms with Crippen LogP contribution in [0.4, 0.5) is 17.3 Å². The molecule has 6 heteroatoms. The maximum Gasteiger partial charge on any atom is 0.274 e. The number of nitrogens with zero attached hydrogens (tertiary/aromatic N) is 2. The van der Waals surface area contributed by atoms with Gasteiger partial charge in [-0.3, -0.25) is 4.79 Å². The van der Waals surface area contributed by atoms with Gasteiger partial charge in [0, 0.05) is 11.9 Å². The number of amides is 1. The van der Waals surface area contributed by atoms with Crippen molar-refractivity contribution in [1.82, 2.24) is 9.97 Å². The molecule has 0 radical (unpaired) electrons. The summed E-state index contributed by atoms with van der Waals surface area (Å²) in [7, 11) is 1.60. The van der Waals surface area contributed by atoms with Gasteiger partial charge in [-0.2, -0.15) is 0 Å². The lowest BCUT2D eigenvalue weighted by molar-refractivity contribution is 0.102. The molecule has 0 unspecified atom stereocenters. The molecule has 2 aromatic carbocycles. The third-order valence-corrected chi connectivity index (χ3v) is 3.80. The van der Waals surface area contributed by atoms with Gasteiger partial charge in [0.2, 0.25) is 5.95 Å². The number of carbonyl (C=O) groups is 1. The molecule has 0 saturated heterocycles. The number of carbonyl (C=O) groups excluding carboxylic acids is 1. The Kier molecular flexibility index (Phi) is 5.12. The van der Waals surface area contributed by atoms with Crippen LogP contribution < -0.4 is 15.4 Å². The Morgan fingerprint density at radius 3 is 2.46 bits per heavy atom. The van der Waals surface area contributed by atoms with Crippen molar-refractivity contribution in [3.8, 4) is 5.75 Å². The molecule has 1 heterocycles. The number of hydrogen-bond donors (Lipinski definition) is 2. The van der Waals surface area contributed by atoms with Crippen LogP contribution >= 0.6 is 0 Å². The number of rotatable bonds is 5. The normalized spacial score (nSPS) is 10.3. The fourth-order valence-electron chi connectivity index (χ4n) is 2.42. The van der Waals surface area contributed by atoms with E-state index in [9.17, 15) is 4.79 Å². The molecule has 0 aliphatic rings. The molecule has 0 bridgehead atoms. The third kappa shape index (κ3) is 4.16. The number of anilines is 3. The first kappa shape index (κ1) is 17.4. The molecule has 26 heavy (non-hydrogen) atoms. The first-order valence-electron chi connectivity index (χ1n) is 8.18. The predicted molar refractivity (Wildman–Crippen MR) is 102 cm³/mol. The van der Waals surface area contributed by atoms with Crippen molar-refractivity contribution in [2.45, 2.75) is 13.8 Å². The minimum atomic E-state index is -0.296. The highest BCUT2D eigenvalue weighted by atomic mass is 16.5. The summed E-state index contributed by atoms with van der Waals surface area (Å²) in [5.41, 5.74) is 3.93. The van der Waals surface area contributed by atoms with Gasteiger partial charge in [0.1, 0.15) is 11.4 Å². The number of aromatic nitrogens is 2. The zero-order chi connectivity index (χ0) is 18.5. The second-order valence-electron chi connectivity index (χ2n) is 5.91. The minimum Gasteiger partial charge on any atom is -0.495 e. The number of hydrogen-bond acceptors (Lipinski definition) is 5. The van der Waals surface area contributed by atoms with E-state index in [0.29, 0.717) is 17.4 Å². The van der Waals surface area contributed by atoms with Crippen LogP contribution in [0.1, 0.15) is 21.6 Å². The lowest BCUT2D eigenvalue weighted by Crippen LogP contribution is -2.14. The Morgan fingerprint density at radius 2 is 1.73 bits per heavy atom. The van der Waals surface area contributed by atoms with Gasteiger partial charge in [0.15, 0.2) is 0 Å². The largest absolute Gasteiger partial charge is 0.495 e. The van der Waals surface area contributed by atoms with Crippen molar-refractivity contribution in [2.24, 2.45) is 0 Å². The van der Waals surface area contributed by atoms with Crippen LogP contribution in [-0.4, -0.2) is 23.0 Å². The Morgan fingerprint density at radius 1 is 1.00 bits per heavy atom. The van der Waals surface area contributed by atoms with Gasteiger partial charge < -0.3 is 15.4 Å². The van der Waals surface area contributed by atoms with Crippen LogP contribution in [0.15, 0.2) is 54.7 Å². The van der Waals surface area contributed by atoms with E-state index in [1.807, 2.05) is 56.3 Å². The summed E-state index contributed by atoms with van der Waals surface area (Å²) in [5.74, 6) is 0.703. The average molecular weight is 348 g/mol. The highest BCUT2D eigenvalue weighted by molar-refractivity contribution is 6.03. The van der Waals surface area contributed by atoms with Crippen LogP contribution in [-0.2, 0) is 0 Å². The molecule has 2 N–H and O–H groups in total. The minimum absolute atomic E-state index is 0.273. The lowest BCUT2D eigenvalue weighted by Gasteiger charge is -2.11. The molecule has 3 rings (SSSR count). The molecular weight excluding hydrogens is 328 g/mol. The van der Waals surface area contributed by atoms with Gasteiger partial charge >= 0.3 is 0 Å². The summed E-state index contributed by atoms with van der Waals surface area (Å²) in [4.78, 5) is 20.9. The van der Waals surface area contributed by atoms with Crippen molar-refractivity contribution in [1.29, 1.82) is 0 Å². The summed E-state index contributed by atoms with van der Waals surface area (Å²) in [6.45, 7) is 3.98.